The van der Waals surface area contributed by atoms with E-state index in [4.69, 9.17) is 0 Å². The first-order valence-electron chi connectivity index (χ1n) is 5.12. The minimum atomic E-state index is -0.635. The van der Waals surface area contributed by atoms with Gasteiger partial charge in [0.1, 0.15) is 5.75 Å². The van der Waals surface area contributed by atoms with E-state index in [1.165, 1.54) is 31.1 Å². The molecule has 0 saturated heterocycles. The fourth-order valence-corrected chi connectivity index (χ4v) is 1.06. The molecule has 0 aromatic heterocycles. The number of non-ortho nitro benzene ring substituents is 1. The number of nitro benzene ring substituents is 1. The monoisotopic (exact) mass is 240 g/mol. The Kier molecular flexibility index (Phi) is 5.66. The summed E-state index contributed by atoms with van der Waals surface area (Å²) in [7, 11) is 3.06. The molecular weight excluding hydrogens is 224 g/mol. The zero-order valence-corrected chi connectivity index (χ0v) is 10.3. The van der Waals surface area contributed by atoms with Crippen LogP contribution in [-0.4, -0.2) is 34.9 Å². The maximum atomic E-state index is 11.4. The number of carbonyl (C=O) groups is 1. The Morgan fingerprint density at radius 3 is 2.24 bits per heavy atom. The fourth-order valence-electron chi connectivity index (χ4n) is 1.06. The number of hydrogen-bond donors (Lipinski definition) is 1. The van der Waals surface area contributed by atoms with E-state index in [9.17, 15) is 20.0 Å². The highest BCUT2D eigenvalue weighted by Gasteiger charge is 2.16. The van der Waals surface area contributed by atoms with Crippen LogP contribution in [0.1, 0.15) is 24.2 Å². The predicted molar refractivity (Wildman–Crippen MR) is 64.1 cm³/mol. The van der Waals surface area contributed by atoms with Crippen molar-refractivity contribution in [3.8, 4) is 5.75 Å². The number of benzene rings is 1. The van der Waals surface area contributed by atoms with E-state index in [1.807, 2.05) is 13.8 Å². The van der Waals surface area contributed by atoms with Gasteiger partial charge >= 0.3 is 0 Å². The second-order valence-electron chi connectivity index (χ2n) is 3.16. The highest BCUT2D eigenvalue weighted by molar-refractivity contribution is 5.96. The van der Waals surface area contributed by atoms with Gasteiger partial charge in [0, 0.05) is 20.2 Å². The number of nitro groups is 1. The first-order valence-corrected chi connectivity index (χ1v) is 5.12. The zero-order chi connectivity index (χ0) is 13.6. The van der Waals surface area contributed by atoms with Gasteiger partial charge in [0.25, 0.3) is 11.6 Å². The summed E-state index contributed by atoms with van der Waals surface area (Å²) in [5.74, 6) is -0.787. The van der Waals surface area contributed by atoms with E-state index < -0.39 is 10.8 Å². The van der Waals surface area contributed by atoms with Crippen LogP contribution in [0.2, 0.25) is 0 Å². The Balaban J connectivity index is 0.00000121. The number of hydrogen-bond acceptors (Lipinski definition) is 4. The summed E-state index contributed by atoms with van der Waals surface area (Å²) in [6, 6.07) is 3.36. The number of rotatable bonds is 2. The average Bonchev–Trinajstić information content (AvgIpc) is 2.30. The third kappa shape index (κ3) is 3.75. The van der Waals surface area contributed by atoms with Gasteiger partial charge in [-0.2, -0.15) is 0 Å². The molecule has 0 unspecified atom stereocenters. The third-order valence-corrected chi connectivity index (χ3v) is 1.83. The first-order chi connectivity index (χ1) is 7.93. The largest absolute Gasteiger partial charge is 0.507 e. The van der Waals surface area contributed by atoms with Crippen LogP contribution in [0.3, 0.4) is 0 Å². The summed E-state index contributed by atoms with van der Waals surface area (Å²) in [4.78, 5) is 22.5. The molecule has 0 aliphatic heterocycles. The Bertz CT molecular complexity index is 416. The Hall–Kier alpha value is -2.11. The van der Waals surface area contributed by atoms with Crippen LogP contribution in [0.15, 0.2) is 18.2 Å². The number of nitrogens with zero attached hydrogens (tertiary/aromatic N) is 2. The molecule has 1 rings (SSSR count). The van der Waals surface area contributed by atoms with Crippen molar-refractivity contribution >= 4 is 11.6 Å². The summed E-state index contributed by atoms with van der Waals surface area (Å²) in [5, 5.41) is 19.8. The van der Waals surface area contributed by atoms with Crippen LogP contribution in [0.4, 0.5) is 5.69 Å². The number of carbonyl (C=O) groups excluding carboxylic acids is 1. The number of aromatic hydroxyl groups is 1. The summed E-state index contributed by atoms with van der Waals surface area (Å²) < 4.78 is 0. The molecule has 0 fully saturated rings. The lowest BCUT2D eigenvalue weighted by molar-refractivity contribution is -0.384. The van der Waals surface area contributed by atoms with Crippen molar-refractivity contribution in [2.45, 2.75) is 13.8 Å². The molecular formula is C11H16N2O4. The number of amides is 1. The van der Waals surface area contributed by atoms with Gasteiger partial charge in [-0.1, -0.05) is 13.8 Å². The lowest BCUT2D eigenvalue weighted by Crippen LogP contribution is -2.21. The lowest BCUT2D eigenvalue weighted by atomic mass is 10.1. The molecule has 6 nitrogen and oxygen atoms in total. The van der Waals surface area contributed by atoms with Crippen LogP contribution in [0, 0.1) is 10.1 Å². The molecule has 0 aliphatic rings. The van der Waals surface area contributed by atoms with Crippen molar-refractivity contribution in [1.29, 1.82) is 0 Å². The standard InChI is InChI=1S/C9H10N2O4.C2H6/c1-10(2)9(13)7-4-3-6(11(14)15)5-8(7)12;1-2/h3-5,12H,1-2H3;1-2H3. The fraction of sp³-hybridized carbons (Fsp3) is 0.364. The maximum absolute atomic E-state index is 11.4. The summed E-state index contributed by atoms with van der Waals surface area (Å²) >= 11 is 0. The molecule has 0 atom stereocenters. The number of phenols is 1. The summed E-state index contributed by atoms with van der Waals surface area (Å²) in [6.07, 6.45) is 0. The molecule has 1 amide bonds. The van der Waals surface area contributed by atoms with Crippen LogP contribution in [-0.2, 0) is 0 Å². The highest BCUT2D eigenvalue weighted by Crippen LogP contribution is 2.23. The van der Waals surface area contributed by atoms with Crippen LogP contribution < -0.4 is 0 Å². The van der Waals surface area contributed by atoms with E-state index >= 15 is 0 Å². The van der Waals surface area contributed by atoms with Crippen molar-refractivity contribution in [2.24, 2.45) is 0 Å². The molecule has 1 aromatic rings. The molecule has 1 N–H and O–H groups in total. The van der Waals surface area contributed by atoms with E-state index in [1.54, 1.807) is 0 Å². The van der Waals surface area contributed by atoms with Gasteiger partial charge in [-0.05, 0) is 6.07 Å². The van der Waals surface area contributed by atoms with Crippen LogP contribution in [0.25, 0.3) is 0 Å². The van der Waals surface area contributed by atoms with Gasteiger partial charge in [-0.3, -0.25) is 14.9 Å². The van der Waals surface area contributed by atoms with Gasteiger partial charge < -0.3 is 10.0 Å². The van der Waals surface area contributed by atoms with E-state index in [2.05, 4.69) is 0 Å². The van der Waals surface area contributed by atoms with E-state index in [0.29, 0.717) is 0 Å². The predicted octanol–water partition coefficient (Wildman–Crippen LogP) is 2.03. The van der Waals surface area contributed by atoms with Crippen molar-refractivity contribution < 1.29 is 14.8 Å². The van der Waals surface area contributed by atoms with Gasteiger partial charge in [-0.15, -0.1) is 0 Å². The topological polar surface area (TPSA) is 83.7 Å². The van der Waals surface area contributed by atoms with E-state index in [-0.39, 0.29) is 17.0 Å². The highest BCUT2D eigenvalue weighted by atomic mass is 16.6. The molecule has 0 heterocycles. The minimum Gasteiger partial charge on any atom is -0.507 e. The van der Waals surface area contributed by atoms with Crippen LogP contribution >= 0.6 is 0 Å². The third-order valence-electron chi connectivity index (χ3n) is 1.83. The molecule has 0 saturated carbocycles. The Labute approximate surface area is 99.6 Å². The Morgan fingerprint density at radius 1 is 1.35 bits per heavy atom. The SMILES string of the molecule is CC.CN(C)C(=O)c1ccc([N+](=O)[O-])cc1O. The number of phenolic OH excluding ortho intramolecular Hbond substituents is 1. The second kappa shape index (κ2) is 6.47. The summed E-state index contributed by atoms with van der Waals surface area (Å²) in [5.41, 5.74) is -0.201. The van der Waals surface area contributed by atoms with E-state index in [0.717, 1.165) is 6.07 Å². The maximum Gasteiger partial charge on any atom is 0.273 e. The second-order valence-corrected chi connectivity index (χ2v) is 3.16. The average molecular weight is 240 g/mol. The molecule has 0 spiro atoms. The van der Waals surface area contributed by atoms with Crippen molar-refractivity contribution in [1.82, 2.24) is 4.90 Å². The zero-order valence-electron chi connectivity index (χ0n) is 10.3. The minimum absolute atomic E-state index is 0.0469. The van der Waals surface area contributed by atoms with Gasteiger partial charge in [-0.25, -0.2) is 0 Å². The quantitative estimate of drug-likeness (QED) is 0.633. The van der Waals surface area contributed by atoms with Crippen molar-refractivity contribution in [3.63, 3.8) is 0 Å². The molecule has 1 aromatic carbocycles. The van der Waals surface area contributed by atoms with Gasteiger partial charge in [0.15, 0.2) is 0 Å². The van der Waals surface area contributed by atoms with Crippen molar-refractivity contribution in [2.75, 3.05) is 14.1 Å². The molecule has 94 valence electrons. The van der Waals surface area contributed by atoms with Gasteiger partial charge in [0.05, 0.1) is 16.6 Å². The molecule has 0 bridgehead atoms. The normalized spacial score (nSPS) is 8.94. The molecule has 0 aliphatic carbocycles. The smallest absolute Gasteiger partial charge is 0.273 e. The first kappa shape index (κ1) is 14.9. The van der Waals surface area contributed by atoms with Crippen LogP contribution in [0.5, 0.6) is 5.75 Å². The Morgan fingerprint density at radius 2 is 1.88 bits per heavy atom. The summed E-state index contributed by atoms with van der Waals surface area (Å²) in [6.45, 7) is 4.00. The van der Waals surface area contributed by atoms with Crippen molar-refractivity contribution in [3.05, 3.63) is 33.9 Å². The lowest BCUT2D eigenvalue weighted by Gasteiger charge is -2.10. The van der Waals surface area contributed by atoms with Gasteiger partial charge in [0.2, 0.25) is 0 Å². The molecule has 17 heavy (non-hydrogen) atoms. The molecule has 6 heteroatoms. The molecule has 0 radical (unpaired) electrons.